The summed E-state index contributed by atoms with van der Waals surface area (Å²) >= 11 is 0. The van der Waals surface area contributed by atoms with Crippen molar-refractivity contribution in [3.8, 4) is 11.6 Å². The number of nitrogens with one attached hydrogen (secondary N) is 1. The number of pyridine rings is 1. The average Bonchev–Trinajstić information content (AvgIpc) is 3.48. The van der Waals surface area contributed by atoms with Gasteiger partial charge >= 0.3 is 0 Å². The number of carbonyl (C=O) groups is 1. The third-order valence-electron chi connectivity index (χ3n) is 6.55. The molecule has 3 heterocycles. The molecule has 2 aliphatic heterocycles. The SMILES string of the molecule is COc1cc(C)c(NC(=O)[C@@H]2CN(CC3CC3)[C@H]3c4cc(F)ccc4OC[C@@H]23)cn1. The summed E-state index contributed by atoms with van der Waals surface area (Å²) in [7, 11) is 1.57. The van der Waals surface area contributed by atoms with E-state index in [2.05, 4.69) is 15.2 Å². The number of rotatable bonds is 5. The highest BCUT2D eigenvalue weighted by Crippen LogP contribution is 2.49. The van der Waals surface area contributed by atoms with Gasteiger partial charge in [-0.25, -0.2) is 9.37 Å². The van der Waals surface area contributed by atoms with Crippen molar-refractivity contribution in [3.05, 3.63) is 47.4 Å². The van der Waals surface area contributed by atoms with Crippen LogP contribution in [-0.2, 0) is 4.79 Å². The molecule has 2 fully saturated rings. The van der Waals surface area contributed by atoms with Crippen LogP contribution in [0.2, 0.25) is 0 Å². The molecule has 1 saturated heterocycles. The standard InChI is InChI=1S/C23H26FN3O3/c1-13-7-21(29-2)25-9-19(13)26-23(28)17-11-27(10-14-3-4-14)22-16-8-15(24)5-6-20(16)30-12-18(17)22/h5-9,14,17-18,22H,3-4,10-12H2,1-2H3,(H,26,28)/t17-,18+,22+/m1/s1. The lowest BCUT2D eigenvalue weighted by Gasteiger charge is -2.34. The first-order valence-electron chi connectivity index (χ1n) is 10.5. The van der Waals surface area contributed by atoms with E-state index in [1.807, 2.05) is 6.92 Å². The molecule has 1 aromatic heterocycles. The number of methoxy groups -OCH3 is 1. The molecule has 0 bridgehead atoms. The van der Waals surface area contributed by atoms with Gasteiger partial charge in [0.1, 0.15) is 11.6 Å². The van der Waals surface area contributed by atoms with Gasteiger partial charge in [0, 0.05) is 36.7 Å². The number of fused-ring (bicyclic) bond motifs is 3. The highest BCUT2D eigenvalue weighted by atomic mass is 19.1. The number of hydrogen-bond acceptors (Lipinski definition) is 5. The van der Waals surface area contributed by atoms with Crippen LogP contribution in [0.4, 0.5) is 10.1 Å². The van der Waals surface area contributed by atoms with Crippen molar-refractivity contribution in [2.24, 2.45) is 17.8 Å². The van der Waals surface area contributed by atoms with Crippen molar-refractivity contribution in [2.45, 2.75) is 25.8 Å². The van der Waals surface area contributed by atoms with E-state index in [9.17, 15) is 9.18 Å². The number of anilines is 1. The highest BCUT2D eigenvalue weighted by molar-refractivity contribution is 5.93. The third-order valence-corrected chi connectivity index (χ3v) is 6.55. The van der Waals surface area contributed by atoms with Crippen LogP contribution in [0.25, 0.3) is 0 Å². The van der Waals surface area contributed by atoms with Gasteiger partial charge in [-0.1, -0.05) is 0 Å². The Kier molecular flexibility index (Phi) is 4.85. The van der Waals surface area contributed by atoms with Gasteiger partial charge in [-0.05, 0) is 49.4 Å². The minimum Gasteiger partial charge on any atom is -0.493 e. The fourth-order valence-electron chi connectivity index (χ4n) is 4.79. The molecule has 0 spiro atoms. The maximum Gasteiger partial charge on any atom is 0.229 e. The molecule has 3 atom stereocenters. The van der Waals surface area contributed by atoms with E-state index in [-0.39, 0.29) is 29.6 Å². The number of halogens is 1. The summed E-state index contributed by atoms with van der Waals surface area (Å²) in [5, 5.41) is 3.05. The van der Waals surface area contributed by atoms with Crippen LogP contribution in [0.1, 0.15) is 30.0 Å². The van der Waals surface area contributed by atoms with Crippen LogP contribution in [0.5, 0.6) is 11.6 Å². The maximum atomic E-state index is 14.0. The van der Waals surface area contributed by atoms with Crippen LogP contribution in [0.3, 0.4) is 0 Å². The van der Waals surface area contributed by atoms with E-state index in [4.69, 9.17) is 9.47 Å². The fourth-order valence-corrected chi connectivity index (χ4v) is 4.79. The van der Waals surface area contributed by atoms with E-state index < -0.39 is 0 Å². The van der Waals surface area contributed by atoms with Crippen LogP contribution in [0, 0.1) is 30.5 Å². The summed E-state index contributed by atoms with van der Waals surface area (Å²) in [6.45, 7) is 3.98. The number of hydrogen-bond donors (Lipinski definition) is 1. The van der Waals surface area contributed by atoms with Gasteiger partial charge in [-0.2, -0.15) is 0 Å². The van der Waals surface area contributed by atoms with E-state index in [0.29, 0.717) is 30.6 Å². The van der Waals surface area contributed by atoms with Crippen molar-refractivity contribution in [2.75, 3.05) is 32.1 Å². The molecule has 0 radical (unpaired) electrons. The number of ether oxygens (including phenoxy) is 2. The smallest absolute Gasteiger partial charge is 0.229 e. The van der Waals surface area contributed by atoms with Crippen LogP contribution >= 0.6 is 0 Å². The molecule has 2 aromatic rings. The van der Waals surface area contributed by atoms with Crippen molar-refractivity contribution >= 4 is 11.6 Å². The fraction of sp³-hybridized carbons (Fsp3) is 0.478. The first kappa shape index (κ1) is 19.3. The van der Waals surface area contributed by atoms with Crippen LogP contribution in [0.15, 0.2) is 30.5 Å². The maximum absolute atomic E-state index is 14.0. The number of likely N-dealkylation sites (tertiary alicyclic amines) is 1. The zero-order chi connectivity index (χ0) is 20.8. The normalized spacial score (nSPS) is 25.2. The minimum atomic E-state index is -0.266. The molecule has 3 aliphatic rings. The van der Waals surface area contributed by atoms with E-state index in [0.717, 1.165) is 23.4 Å². The minimum absolute atomic E-state index is 0.00966. The first-order valence-corrected chi connectivity index (χ1v) is 10.5. The molecule has 7 heteroatoms. The van der Waals surface area contributed by atoms with E-state index in [1.54, 1.807) is 31.5 Å². The van der Waals surface area contributed by atoms with Crippen molar-refractivity contribution < 1.29 is 18.7 Å². The van der Waals surface area contributed by atoms with E-state index in [1.165, 1.54) is 18.9 Å². The molecule has 158 valence electrons. The zero-order valence-corrected chi connectivity index (χ0v) is 17.2. The second kappa shape index (κ2) is 7.54. The Bertz CT molecular complexity index is 978. The molecule has 0 unspecified atom stereocenters. The lowest BCUT2D eigenvalue weighted by Crippen LogP contribution is -2.35. The van der Waals surface area contributed by atoms with Crippen LogP contribution in [-0.4, -0.2) is 42.6 Å². The molecular formula is C23H26FN3O3. The van der Waals surface area contributed by atoms with E-state index >= 15 is 0 Å². The molecule has 6 nitrogen and oxygen atoms in total. The number of amides is 1. The predicted molar refractivity (Wildman–Crippen MR) is 110 cm³/mol. The number of benzene rings is 1. The first-order chi connectivity index (χ1) is 14.5. The van der Waals surface area contributed by atoms with Gasteiger partial charge < -0.3 is 14.8 Å². The van der Waals surface area contributed by atoms with Crippen molar-refractivity contribution in [3.63, 3.8) is 0 Å². The number of aromatic nitrogens is 1. The van der Waals surface area contributed by atoms with Gasteiger partial charge in [0.2, 0.25) is 11.8 Å². The summed E-state index contributed by atoms with van der Waals surface area (Å²) in [6.07, 6.45) is 4.09. The summed E-state index contributed by atoms with van der Waals surface area (Å²) in [5.41, 5.74) is 2.44. The average molecular weight is 411 g/mol. The Morgan fingerprint density at radius 1 is 1.37 bits per heavy atom. The Labute approximate surface area is 175 Å². The van der Waals surface area contributed by atoms with Crippen LogP contribution < -0.4 is 14.8 Å². The quantitative estimate of drug-likeness (QED) is 0.815. The second-order valence-corrected chi connectivity index (χ2v) is 8.64. The number of aryl methyl sites for hydroxylation is 1. The van der Waals surface area contributed by atoms with Gasteiger partial charge in [-0.3, -0.25) is 9.69 Å². The second-order valence-electron chi connectivity index (χ2n) is 8.64. The largest absolute Gasteiger partial charge is 0.493 e. The predicted octanol–water partition coefficient (Wildman–Crippen LogP) is 3.57. The molecule has 30 heavy (non-hydrogen) atoms. The number of nitrogens with zero attached hydrogens (tertiary/aromatic N) is 2. The Morgan fingerprint density at radius 3 is 2.93 bits per heavy atom. The zero-order valence-electron chi connectivity index (χ0n) is 17.2. The van der Waals surface area contributed by atoms with Gasteiger partial charge in [-0.15, -0.1) is 0 Å². The lowest BCUT2D eigenvalue weighted by atomic mass is 9.84. The van der Waals surface area contributed by atoms with Crippen molar-refractivity contribution in [1.82, 2.24) is 9.88 Å². The molecule has 5 rings (SSSR count). The summed E-state index contributed by atoms with van der Waals surface area (Å²) in [5.74, 6) is 1.38. The molecule has 1 aromatic carbocycles. The Hall–Kier alpha value is -2.67. The molecule has 1 amide bonds. The topological polar surface area (TPSA) is 63.7 Å². The molecule has 1 aliphatic carbocycles. The molecule has 1 N–H and O–H groups in total. The lowest BCUT2D eigenvalue weighted by molar-refractivity contribution is -0.121. The van der Waals surface area contributed by atoms with Gasteiger partial charge in [0.25, 0.3) is 0 Å². The monoisotopic (exact) mass is 411 g/mol. The van der Waals surface area contributed by atoms with Gasteiger partial charge in [0.15, 0.2) is 0 Å². The highest BCUT2D eigenvalue weighted by Gasteiger charge is 2.50. The summed E-state index contributed by atoms with van der Waals surface area (Å²) < 4.78 is 25.1. The molecular weight excluding hydrogens is 385 g/mol. The molecule has 1 saturated carbocycles. The Morgan fingerprint density at radius 2 is 2.20 bits per heavy atom. The summed E-state index contributed by atoms with van der Waals surface area (Å²) in [4.78, 5) is 19.9. The summed E-state index contributed by atoms with van der Waals surface area (Å²) in [6, 6.07) is 6.52. The van der Waals surface area contributed by atoms with Crippen molar-refractivity contribution in [1.29, 1.82) is 0 Å². The Balaban J connectivity index is 1.41. The number of carbonyl (C=O) groups excluding carboxylic acids is 1. The third kappa shape index (κ3) is 3.51. The van der Waals surface area contributed by atoms with Gasteiger partial charge in [0.05, 0.1) is 31.5 Å².